The molecule has 6 heteroatoms. The molecule has 0 bridgehead atoms. The van der Waals surface area contributed by atoms with Gasteiger partial charge in [-0.15, -0.1) is 5.10 Å². The lowest BCUT2D eigenvalue weighted by Crippen LogP contribution is -2.10. The Morgan fingerprint density at radius 2 is 2.57 bits per heavy atom. The van der Waals surface area contributed by atoms with Crippen LogP contribution >= 0.6 is 0 Å². The minimum absolute atomic E-state index is 0.0223. The highest BCUT2D eigenvalue weighted by molar-refractivity contribution is 5.20. The molecule has 0 aromatic carbocycles. The van der Waals surface area contributed by atoms with Crippen molar-refractivity contribution in [1.82, 2.24) is 15.5 Å². The van der Waals surface area contributed by atoms with Crippen LogP contribution in [0, 0.1) is 16.0 Å². The average Bonchev–Trinajstić information content (AvgIpc) is 2.75. The first-order valence-corrected chi connectivity index (χ1v) is 4.65. The second-order valence-electron chi connectivity index (χ2n) is 3.56. The molecule has 1 unspecified atom stereocenters. The van der Waals surface area contributed by atoms with E-state index in [4.69, 9.17) is 0 Å². The highest BCUT2D eigenvalue weighted by Crippen LogP contribution is 2.16. The molecule has 14 heavy (non-hydrogen) atoms. The van der Waals surface area contributed by atoms with Crippen molar-refractivity contribution in [2.75, 3.05) is 13.1 Å². The zero-order valence-corrected chi connectivity index (χ0v) is 7.69. The van der Waals surface area contributed by atoms with E-state index in [9.17, 15) is 10.1 Å². The number of hydrogen-bond acceptors (Lipinski definition) is 4. The third-order valence-electron chi connectivity index (χ3n) is 2.47. The van der Waals surface area contributed by atoms with Gasteiger partial charge in [-0.3, -0.25) is 0 Å². The van der Waals surface area contributed by atoms with Gasteiger partial charge in [0.2, 0.25) is 0 Å². The highest BCUT2D eigenvalue weighted by Gasteiger charge is 2.18. The van der Waals surface area contributed by atoms with Gasteiger partial charge in [0.05, 0.1) is 11.8 Å². The van der Waals surface area contributed by atoms with E-state index in [2.05, 4.69) is 15.5 Å². The van der Waals surface area contributed by atoms with Crippen LogP contribution in [0.15, 0.2) is 6.07 Å². The van der Waals surface area contributed by atoms with Crippen molar-refractivity contribution >= 4 is 5.82 Å². The molecule has 0 radical (unpaired) electrons. The Hall–Kier alpha value is -1.43. The Bertz CT molecular complexity index is 330. The molecule has 0 amide bonds. The molecule has 2 N–H and O–H groups in total. The Morgan fingerprint density at radius 1 is 1.71 bits per heavy atom. The van der Waals surface area contributed by atoms with Crippen molar-refractivity contribution in [3.05, 3.63) is 21.9 Å². The zero-order valence-electron chi connectivity index (χ0n) is 7.69. The largest absolute Gasteiger partial charge is 0.358 e. The van der Waals surface area contributed by atoms with E-state index >= 15 is 0 Å². The van der Waals surface area contributed by atoms with Gasteiger partial charge in [-0.2, -0.15) is 0 Å². The van der Waals surface area contributed by atoms with Crippen molar-refractivity contribution < 1.29 is 4.92 Å². The maximum Gasteiger partial charge on any atom is 0.342 e. The van der Waals surface area contributed by atoms with Gasteiger partial charge in [-0.1, -0.05) is 5.10 Å². The minimum Gasteiger partial charge on any atom is -0.358 e. The lowest BCUT2D eigenvalue weighted by Gasteiger charge is -2.02. The molecule has 0 saturated carbocycles. The standard InChI is InChI=1S/C8H12N4O2/c13-12(14)8-4-7(10-11-8)3-6-1-2-9-5-6/h4,6,9H,1-3,5H2,(H,10,11). The van der Waals surface area contributed by atoms with E-state index in [-0.39, 0.29) is 5.82 Å². The second kappa shape index (κ2) is 3.75. The Balaban J connectivity index is 1.98. The summed E-state index contributed by atoms with van der Waals surface area (Å²) in [5.74, 6) is 0.545. The lowest BCUT2D eigenvalue weighted by molar-refractivity contribution is -0.389. The molecule has 1 saturated heterocycles. The van der Waals surface area contributed by atoms with Crippen LogP contribution < -0.4 is 5.32 Å². The number of hydrogen-bond donors (Lipinski definition) is 2. The summed E-state index contributed by atoms with van der Waals surface area (Å²) in [6.45, 7) is 2.03. The summed E-state index contributed by atoms with van der Waals surface area (Å²) in [6, 6.07) is 1.51. The maximum atomic E-state index is 10.4. The van der Waals surface area contributed by atoms with Crippen LogP contribution in [0.1, 0.15) is 12.1 Å². The number of H-pyrrole nitrogens is 1. The number of nitrogens with zero attached hydrogens (tertiary/aromatic N) is 2. The molecule has 1 fully saturated rings. The molecule has 1 aliphatic rings. The first kappa shape index (κ1) is 9.14. The van der Waals surface area contributed by atoms with Crippen LogP contribution in [0.3, 0.4) is 0 Å². The fraction of sp³-hybridized carbons (Fsp3) is 0.625. The van der Waals surface area contributed by atoms with Gasteiger partial charge in [0.15, 0.2) is 0 Å². The van der Waals surface area contributed by atoms with E-state index in [1.165, 1.54) is 6.07 Å². The van der Waals surface area contributed by atoms with Crippen LogP contribution in [0.25, 0.3) is 0 Å². The molecule has 1 aromatic heterocycles. The van der Waals surface area contributed by atoms with Crippen LogP contribution in [0.4, 0.5) is 5.82 Å². The predicted octanol–water partition coefficient (Wildman–Crippen LogP) is 0.470. The third kappa shape index (κ3) is 1.90. The second-order valence-corrected chi connectivity index (χ2v) is 3.56. The van der Waals surface area contributed by atoms with Crippen LogP contribution in [0.2, 0.25) is 0 Å². The van der Waals surface area contributed by atoms with E-state index in [0.29, 0.717) is 5.92 Å². The normalized spacial score (nSPS) is 21.3. The number of rotatable bonds is 3. The van der Waals surface area contributed by atoms with Crippen molar-refractivity contribution in [2.45, 2.75) is 12.8 Å². The van der Waals surface area contributed by atoms with Crippen molar-refractivity contribution in [2.24, 2.45) is 5.92 Å². The minimum atomic E-state index is -0.455. The lowest BCUT2D eigenvalue weighted by atomic mass is 10.0. The SMILES string of the molecule is O=[N+]([O-])c1cc(CC2CCNC2)n[nH]1. The van der Waals surface area contributed by atoms with Gasteiger partial charge < -0.3 is 15.4 Å². The summed E-state index contributed by atoms with van der Waals surface area (Å²) in [5.41, 5.74) is 0.783. The van der Waals surface area contributed by atoms with Crippen LogP contribution in [0.5, 0.6) is 0 Å². The summed E-state index contributed by atoms with van der Waals surface area (Å²) in [5, 5.41) is 19.9. The summed E-state index contributed by atoms with van der Waals surface area (Å²) in [7, 11) is 0. The summed E-state index contributed by atoms with van der Waals surface area (Å²) >= 11 is 0. The highest BCUT2D eigenvalue weighted by atomic mass is 16.6. The van der Waals surface area contributed by atoms with E-state index in [1.54, 1.807) is 0 Å². The van der Waals surface area contributed by atoms with E-state index in [0.717, 1.165) is 31.6 Å². The number of nitrogens with one attached hydrogen (secondary N) is 2. The van der Waals surface area contributed by atoms with Gasteiger partial charge in [-0.25, -0.2) is 0 Å². The van der Waals surface area contributed by atoms with Gasteiger partial charge >= 0.3 is 5.82 Å². The molecular weight excluding hydrogens is 184 g/mol. The molecule has 6 nitrogen and oxygen atoms in total. The topological polar surface area (TPSA) is 83.8 Å². The number of nitro groups is 1. The first-order chi connectivity index (χ1) is 6.75. The monoisotopic (exact) mass is 196 g/mol. The average molecular weight is 196 g/mol. The van der Waals surface area contributed by atoms with Gasteiger partial charge in [0.1, 0.15) is 0 Å². The Labute approximate surface area is 80.9 Å². The summed E-state index contributed by atoms with van der Waals surface area (Å²) in [6.07, 6.45) is 1.94. The third-order valence-corrected chi connectivity index (χ3v) is 2.47. The van der Waals surface area contributed by atoms with E-state index in [1.807, 2.05) is 0 Å². The first-order valence-electron chi connectivity index (χ1n) is 4.65. The number of aromatic amines is 1. The molecule has 0 spiro atoms. The number of aromatic nitrogens is 2. The quantitative estimate of drug-likeness (QED) is 0.543. The molecular formula is C8H12N4O2. The summed E-state index contributed by atoms with van der Waals surface area (Å²) < 4.78 is 0. The van der Waals surface area contributed by atoms with Gasteiger partial charge in [0, 0.05) is 0 Å². The molecule has 1 aliphatic heterocycles. The fourth-order valence-electron chi connectivity index (χ4n) is 1.73. The predicted molar refractivity (Wildman–Crippen MR) is 49.9 cm³/mol. The molecule has 1 aromatic rings. The van der Waals surface area contributed by atoms with Crippen molar-refractivity contribution in [3.8, 4) is 0 Å². The molecule has 2 rings (SSSR count). The summed E-state index contributed by atoms with van der Waals surface area (Å²) in [4.78, 5) is 9.92. The van der Waals surface area contributed by atoms with Crippen LogP contribution in [-0.4, -0.2) is 28.2 Å². The molecule has 76 valence electrons. The molecule has 2 heterocycles. The van der Waals surface area contributed by atoms with Gasteiger partial charge in [0.25, 0.3) is 0 Å². The fourth-order valence-corrected chi connectivity index (χ4v) is 1.73. The molecule has 1 atom stereocenters. The van der Waals surface area contributed by atoms with Crippen molar-refractivity contribution in [1.29, 1.82) is 0 Å². The van der Waals surface area contributed by atoms with Crippen molar-refractivity contribution in [3.63, 3.8) is 0 Å². The Kier molecular flexibility index (Phi) is 2.45. The smallest absolute Gasteiger partial charge is 0.342 e. The van der Waals surface area contributed by atoms with Gasteiger partial charge in [-0.05, 0) is 36.8 Å². The zero-order chi connectivity index (χ0) is 9.97. The van der Waals surface area contributed by atoms with Crippen LogP contribution in [-0.2, 0) is 6.42 Å². The molecule has 0 aliphatic carbocycles. The Morgan fingerprint density at radius 3 is 3.14 bits per heavy atom. The maximum absolute atomic E-state index is 10.4. The van der Waals surface area contributed by atoms with E-state index < -0.39 is 4.92 Å².